The summed E-state index contributed by atoms with van der Waals surface area (Å²) in [4.78, 5) is 0. The molecular weight excluding hydrogens is 170 g/mol. The van der Waals surface area contributed by atoms with Gasteiger partial charge in [0.15, 0.2) is 0 Å². The van der Waals surface area contributed by atoms with Crippen LogP contribution in [0, 0.1) is 29.6 Å². The van der Waals surface area contributed by atoms with Crippen LogP contribution in [0.5, 0.6) is 0 Å². The van der Waals surface area contributed by atoms with Crippen molar-refractivity contribution in [2.75, 3.05) is 6.54 Å². The van der Waals surface area contributed by atoms with Crippen LogP contribution in [0.25, 0.3) is 0 Å². The van der Waals surface area contributed by atoms with Crippen LogP contribution < -0.4 is 5.73 Å². The van der Waals surface area contributed by atoms with E-state index in [0.29, 0.717) is 5.92 Å². The fourth-order valence-electron chi connectivity index (χ4n) is 2.10. The van der Waals surface area contributed by atoms with Gasteiger partial charge in [-0.25, -0.2) is 0 Å². The van der Waals surface area contributed by atoms with Crippen LogP contribution in [0.4, 0.5) is 0 Å². The number of rotatable bonds is 6. The van der Waals surface area contributed by atoms with Gasteiger partial charge in [0.05, 0.1) is 0 Å². The van der Waals surface area contributed by atoms with Crippen molar-refractivity contribution in [1.82, 2.24) is 0 Å². The topological polar surface area (TPSA) is 26.0 Å². The van der Waals surface area contributed by atoms with Gasteiger partial charge in [-0.2, -0.15) is 0 Å². The normalized spacial score (nSPS) is 22.5. The Bertz CT molecular complexity index is 128. The van der Waals surface area contributed by atoms with Crippen molar-refractivity contribution in [3.63, 3.8) is 0 Å². The molecule has 14 heavy (non-hydrogen) atoms. The molecule has 5 unspecified atom stereocenters. The molecule has 0 aliphatic heterocycles. The summed E-state index contributed by atoms with van der Waals surface area (Å²) in [5, 5.41) is 0. The smallest absolute Gasteiger partial charge is 0.00489 e. The Labute approximate surface area is 90.5 Å². The number of nitrogens with two attached hydrogens (primary N) is 1. The Morgan fingerprint density at radius 2 is 1.21 bits per heavy atom. The predicted molar refractivity (Wildman–Crippen MR) is 65.2 cm³/mol. The van der Waals surface area contributed by atoms with Gasteiger partial charge < -0.3 is 5.73 Å². The quantitative estimate of drug-likeness (QED) is 0.696. The minimum Gasteiger partial charge on any atom is -0.330 e. The molecule has 1 heteroatoms. The van der Waals surface area contributed by atoms with Crippen LogP contribution in [0.15, 0.2) is 0 Å². The van der Waals surface area contributed by atoms with Gasteiger partial charge in [-0.1, -0.05) is 48.0 Å². The Balaban J connectivity index is 4.22. The summed E-state index contributed by atoms with van der Waals surface area (Å²) in [7, 11) is 0. The zero-order valence-corrected chi connectivity index (χ0v) is 10.9. The predicted octanol–water partition coefficient (Wildman–Crippen LogP) is 3.54. The van der Waals surface area contributed by atoms with Crippen molar-refractivity contribution in [1.29, 1.82) is 0 Å². The summed E-state index contributed by atoms with van der Waals surface area (Å²) in [6.07, 6.45) is 1.29. The van der Waals surface area contributed by atoms with E-state index in [1.54, 1.807) is 0 Å². The van der Waals surface area contributed by atoms with Crippen molar-refractivity contribution in [3.8, 4) is 0 Å². The van der Waals surface area contributed by atoms with Crippen molar-refractivity contribution < 1.29 is 0 Å². The second-order valence-corrected chi connectivity index (χ2v) is 5.18. The number of hydrogen-bond donors (Lipinski definition) is 1. The summed E-state index contributed by atoms with van der Waals surface area (Å²) in [6.45, 7) is 14.8. The summed E-state index contributed by atoms with van der Waals surface area (Å²) in [5.74, 6) is 3.81. The maximum atomic E-state index is 5.72. The molecule has 1 nitrogen and oxygen atoms in total. The third-order valence-corrected chi connectivity index (χ3v) is 4.47. The molecule has 0 fully saturated rings. The van der Waals surface area contributed by atoms with E-state index >= 15 is 0 Å². The lowest BCUT2D eigenvalue weighted by atomic mass is 9.73. The second-order valence-electron chi connectivity index (χ2n) is 5.18. The first-order valence-electron chi connectivity index (χ1n) is 6.15. The Hall–Kier alpha value is -0.0400. The maximum Gasteiger partial charge on any atom is -0.00489 e. The molecule has 0 bridgehead atoms. The van der Waals surface area contributed by atoms with Crippen molar-refractivity contribution in [3.05, 3.63) is 0 Å². The van der Waals surface area contributed by atoms with Crippen LogP contribution in [-0.4, -0.2) is 6.54 Å². The van der Waals surface area contributed by atoms with Gasteiger partial charge in [0, 0.05) is 0 Å². The molecule has 0 rings (SSSR count). The minimum atomic E-state index is 0.650. The van der Waals surface area contributed by atoms with E-state index in [0.717, 1.165) is 30.2 Å². The minimum absolute atomic E-state index is 0.650. The lowest BCUT2D eigenvalue weighted by Crippen LogP contribution is -2.29. The standard InChI is InChI=1S/C13H29N/c1-7-9(2)11(4)13(6)12(5)10(3)8-14/h9-13H,7-8,14H2,1-6H3. The summed E-state index contributed by atoms with van der Waals surface area (Å²) in [5.41, 5.74) is 5.72. The van der Waals surface area contributed by atoms with Gasteiger partial charge in [0.25, 0.3) is 0 Å². The molecule has 0 radical (unpaired) electrons. The number of hydrogen-bond acceptors (Lipinski definition) is 1. The van der Waals surface area contributed by atoms with E-state index in [4.69, 9.17) is 5.73 Å². The van der Waals surface area contributed by atoms with E-state index in [9.17, 15) is 0 Å². The molecule has 0 aromatic carbocycles. The molecule has 0 aromatic rings. The van der Waals surface area contributed by atoms with Gasteiger partial charge in [-0.3, -0.25) is 0 Å². The Morgan fingerprint density at radius 3 is 1.57 bits per heavy atom. The summed E-state index contributed by atoms with van der Waals surface area (Å²) < 4.78 is 0. The van der Waals surface area contributed by atoms with Gasteiger partial charge >= 0.3 is 0 Å². The molecule has 2 N–H and O–H groups in total. The Morgan fingerprint density at radius 1 is 0.786 bits per heavy atom. The van der Waals surface area contributed by atoms with Crippen LogP contribution >= 0.6 is 0 Å². The van der Waals surface area contributed by atoms with E-state index in [2.05, 4.69) is 41.5 Å². The van der Waals surface area contributed by atoms with Gasteiger partial charge in [-0.15, -0.1) is 0 Å². The van der Waals surface area contributed by atoms with E-state index in [1.165, 1.54) is 6.42 Å². The molecule has 0 aliphatic carbocycles. The first kappa shape index (κ1) is 14.0. The Kier molecular flexibility index (Phi) is 6.43. The van der Waals surface area contributed by atoms with E-state index in [-0.39, 0.29) is 0 Å². The maximum absolute atomic E-state index is 5.72. The fourth-order valence-corrected chi connectivity index (χ4v) is 2.10. The van der Waals surface area contributed by atoms with Crippen molar-refractivity contribution in [2.24, 2.45) is 35.3 Å². The molecule has 0 heterocycles. The van der Waals surface area contributed by atoms with Crippen LogP contribution in [-0.2, 0) is 0 Å². The molecule has 0 saturated heterocycles. The van der Waals surface area contributed by atoms with E-state index in [1.807, 2.05) is 0 Å². The van der Waals surface area contributed by atoms with Crippen LogP contribution in [0.1, 0.15) is 48.0 Å². The average molecular weight is 199 g/mol. The zero-order valence-electron chi connectivity index (χ0n) is 10.9. The third kappa shape index (κ3) is 3.61. The third-order valence-electron chi connectivity index (χ3n) is 4.47. The molecule has 0 saturated carbocycles. The van der Waals surface area contributed by atoms with Crippen molar-refractivity contribution >= 4 is 0 Å². The summed E-state index contributed by atoms with van der Waals surface area (Å²) >= 11 is 0. The van der Waals surface area contributed by atoms with Crippen LogP contribution in [0.3, 0.4) is 0 Å². The molecule has 86 valence electrons. The molecule has 0 spiro atoms. The SMILES string of the molecule is CCC(C)C(C)C(C)C(C)C(C)CN. The molecular formula is C13H29N. The first-order valence-corrected chi connectivity index (χ1v) is 6.15. The molecule has 0 amide bonds. The molecule has 5 atom stereocenters. The fraction of sp³-hybridized carbons (Fsp3) is 1.00. The van der Waals surface area contributed by atoms with Gasteiger partial charge in [0.1, 0.15) is 0 Å². The monoisotopic (exact) mass is 199 g/mol. The highest BCUT2D eigenvalue weighted by Gasteiger charge is 2.25. The van der Waals surface area contributed by atoms with Gasteiger partial charge in [0.2, 0.25) is 0 Å². The lowest BCUT2D eigenvalue weighted by Gasteiger charge is -2.33. The van der Waals surface area contributed by atoms with E-state index < -0.39 is 0 Å². The second kappa shape index (κ2) is 6.44. The van der Waals surface area contributed by atoms with Crippen molar-refractivity contribution in [2.45, 2.75) is 48.0 Å². The first-order chi connectivity index (χ1) is 6.45. The molecule has 0 aromatic heterocycles. The highest BCUT2D eigenvalue weighted by molar-refractivity contribution is 4.75. The largest absolute Gasteiger partial charge is 0.330 e. The highest BCUT2D eigenvalue weighted by Crippen LogP contribution is 2.31. The zero-order chi connectivity index (χ0) is 11.3. The highest BCUT2D eigenvalue weighted by atomic mass is 14.6. The molecule has 0 aliphatic rings. The van der Waals surface area contributed by atoms with Crippen LogP contribution in [0.2, 0.25) is 0 Å². The average Bonchev–Trinajstić information content (AvgIpc) is 2.23. The lowest BCUT2D eigenvalue weighted by molar-refractivity contribution is 0.169. The van der Waals surface area contributed by atoms with Gasteiger partial charge in [-0.05, 0) is 36.1 Å². The summed E-state index contributed by atoms with van der Waals surface area (Å²) in [6, 6.07) is 0.